The van der Waals surface area contributed by atoms with E-state index in [0.29, 0.717) is 36.0 Å². The second-order valence-electron chi connectivity index (χ2n) is 7.30. The number of piperidine rings is 1. The zero-order chi connectivity index (χ0) is 21.6. The molecular formula is C23H24FN3O3S. The van der Waals surface area contributed by atoms with E-state index >= 15 is 0 Å². The molecule has 1 fully saturated rings. The van der Waals surface area contributed by atoms with Crippen LogP contribution in [0.3, 0.4) is 0 Å². The maximum absolute atomic E-state index is 14.0. The van der Waals surface area contributed by atoms with Gasteiger partial charge in [-0.3, -0.25) is 4.79 Å². The largest absolute Gasteiger partial charge is 0.494 e. The van der Waals surface area contributed by atoms with Crippen molar-refractivity contribution in [2.75, 3.05) is 26.3 Å². The van der Waals surface area contributed by atoms with Crippen LogP contribution in [0, 0.1) is 5.82 Å². The van der Waals surface area contributed by atoms with Gasteiger partial charge in [0.15, 0.2) is 11.6 Å². The van der Waals surface area contributed by atoms with Gasteiger partial charge in [-0.25, -0.2) is 4.39 Å². The highest BCUT2D eigenvalue weighted by Gasteiger charge is 2.28. The lowest BCUT2D eigenvalue weighted by Crippen LogP contribution is -2.41. The molecule has 0 aliphatic carbocycles. The minimum absolute atomic E-state index is 0.0166. The minimum atomic E-state index is -0.308. The van der Waals surface area contributed by atoms with Crippen LogP contribution in [-0.4, -0.2) is 47.3 Å². The average molecular weight is 442 g/mol. The lowest BCUT2D eigenvalue weighted by Gasteiger charge is -2.31. The molecule has 0 bridgehead atoms. The highest BCUT2D eigenvalue weighted by Crippen LogP contribution is 2.33. The number of halogens is 1. The van der Waals surface area contributed by atoms with Crippen molar-refractivity contribution in [3.05, 3.63) is 59.4 Å². The third kappa shape index (κ3) is 5.19. The summed E-state index contributed by atoms with van der Waals surface area (Å²) in [6.45, 7) is 3.78. The number of nitrogens with zero attached hydrogens (tertiary/aromatic N) is 3. The molecule has 0 saturated carbocycles. The number of ether oxygens (including phenoxy) is 2. The molecule has 1 aromatic heterocycles. The van der Waals surface area contributed by atoms with Crippen LogP contribution < -0.4 is 9.47 Å². The van der Waals surface area contributed by atoms with Crippen LogP contribution in [0.2, 0.25) is 0 Å². The highest BCUT2D eigenvalue weighted by atomic mass is 32.1. The summed E-state index contributed by atoms with van der Waals surface area (Å²) < 4.78 is 25.1. The zero-order valence-corrected chi connectivity index (χ0v) is 18.1. The molecule has 1 saturated heterocycles. The molecule has 2 heterocycles. The summed E-state index contributed by atoms with van der Waals surface area (Å²) in [5, 5.41) is 9.87. The van der Waals surface area contributed by atoms with Crippen molar-refractivity contribution in [3.63, 3.8) is 0 Å². The first-order chi connectivity index (χ1) is 15.1. The van der Waals surface area contributed by atoms with Gasteiger partial charge in [-0.05, 0) is 56.2 Å². The number of hydrogen-bond acceptors (Lipinski definition) is 6. The standard InChI is InChI=1S/C23H24FN3O3S/c1-2-29-17-9-11-18(12-10-17)30-15-21(28)27-13-5-6-16(14-27)22-25-26-23(31-22)19-7-3-4-8-20(19)24/h3-4,7-12,16H,2,5-6,13-15H2,1H3. The highest BCUT2D eigenvalue weighted by molar-refractivity contribution is 7.14. The molecule has 2 aromatic carbocycles. The molecule has 1 unspecified atom stereocenters. The fourth-order valence-corrected chi connectivity index (χ4v) is 4.58. The van der Waals surface area contributed by atoms with E-state index in [0.717, 1.165) is 23.6 Å². The van der Waals surface area contributed by atoms with Gasteiger partial charge in [-0.1, -0.05) is 23.5 Å². The molecule has 8 heteroatoms. The van der Waals surface area contributed by atoms with Gasteiger partial charge in [0.25, 0.3) is 5.91 Å². The van der Waals surface area contributed by atoms with E-state index in [9.17, 15) is 9.18 Å². The van der Waals surface area contributed by atoms with E-state index in [2.05, 4.69) is 10.2 Å². The van der Waals surface area contributed by atoms with Gasteiger partial charge in [0, 0.05) is 24.6 Å². The van der Waals surface area contributed by atoms with E-state index in [1.54, 1.807) is 30.3 Å². The van der Waals surface area contributed by atoms with Gasteiger partial charge in [0.2, 0.25) is 0 Å². The zero-order valence-electron chi connectivity index (χ0n) is 17.3. The number of benzene rings is 2. The Morgan fingerprint density at radius 1 is 1.13 bits per heavy atom. The lowest BCUT2D eigenvalue weighted by molar-refractivity contribution is -0.134. The normalized spacial score (nSPS) is 16.2. The molecule has 162 valence electrons. The fraction of sp³-hybridized carbons (Fsp3) is 0.348. The Bertz CT molecular complexity index is 1020. The number of carbonyl (C=O) groups excluding carboxylic acids is 1. The van der Waals surface area contributed by atoms with Gasteiger partial charge in [-0.15, -0.1) is 10.2 Å². The number of likely N-dealkylation sites (tertiary alicyclic amines) is 1. The maximum atomic E-state index is 14.0. The van der Waals surface area contributed by atoms with E-state index < -0.39 is 0 Å². The Morgan fingerprint density at radius 3 is 2.61 bits per heavy atom. The van der Waals surface area contributed by atoms with Crippen molar-refractivity contribution in [2.24, 2.45) is 0 Å². The number of amides is 1. The van der Waals surface area contributed by atoms with Crippen molar-refractivity contribution in [1.29, 1.82) is 0 Å². The number of rotatable bonds is 7. The maximum Gasteiger partial charge on any atom is 0.260 e. The minimum Gasteiger partial charge on any atom is -0.494 e. The number of aromatic nitrogens is 2. The molecule has 0 spiro atoms. The average Bonchev–Trinajstić information content (AvgIpc) is 3.29. The van der Waals surface area contributed by atoms with Crippen LogP contribution in [0.5, 0.6) is 11.5 Å². The van der Waals surface area contributed by atoms with Crippen LogP contribution in [0.4, 0.5) is 4.39 Å². The third-order valence-corrected chi connectivity index (χ3v) is 6.28. The van der Waals surface area contributed by atoms with Gasteiger partial charge in [0.1, 0.15) is 22.3 Å². The smallest absolute Gasteiger partial charge is 0.260 e. The topological polar surface area (TPSA) is 64.6 Å². The van der Waals surface area contributed by atoms with Crippen molar-refractivity contribution < 1.29 is 18.7 Å². The van der Waals surface area contributed by atoms with E-state index in [1.165, 1.54) is 17.4 Å². The molecule has 1 atom stereocenters. The molecule has 6 nitrogen and oxygen atoms in total. The first-order valence-electron chi connectivity index (χ1n) is 10.4. The SMILES string of the molecule is CCOc1ccc(OCC(=O)N2CCCC(c3nnc(-c4ccccc4F)s3)C2)cc1. The molecule has 1 aliphatic heterocycles. The summed E-state index contributed by atoms with van der Waals surface area (Å²) in [4.78, 5) is 14.5. The van der Waals surface area contributed by atoms with Gasteiger partial charge >= 0.3 is 0 Å². The lowest BCUT2D eigenvalue weighted by atomic mass is 9.99. The summed E-state index contributed by atoms with van der Waals surface area (Å²) >= 11 is 1.39. The van der Waals surface area contributed by atoms with Crippen molar-refractivity contribution in [3.8, 4) is 22.1 Å². The summed E-state index contributed by atoms with van der Waals surface area (Å²) in [7, 11) is 0. The molecule has 0 N–H and O–H groups in total. The number of carbonyl (C=O) groups is 1. The summed E-state index contributed by atoms with van der Waals surface area (Å²) in [6, 6.07) is 13.8. The van der Waals surface area contributed by atoms with Crippen LogP contribution in [0.1, 0.15) is 30.7 Å². The van der Waals surface area contributed by atoms with Crippen molar-refractivity contribution in [2.45, 2.75) is 25.7 Å². The third-order valence-electron chi connectivity index (χ3n) is 5.17. The van der Waals surface area contributed by atoms with Crippen molar-refractivity contribution in [1.82, 2.24) is 15.1 Å². The van der Waals surface area contributed by atoms with Crippen LogP contribution in [0.15, 0.2) is 48.5 Å². The summed E-state index contributed by atoms with van der Waals surface area (Å²) in [5.74, 6) is 1.13. The second-order valence-corrected chi connectivity index (χ2v) is 8.31. The van der Waals surface area contributed by atoms with Gasteiger partial charge in [0.05, 0.1) is 6.61 Å². The molecular weight excluding hydrogens is 417 g/mol. The fourth-order valence-electron chi connectivity index (χ4n) is 3.58. The predicted octanol–water partition coefficient (Wildman–Crippen LogP) is 4.53. The predicted molar refractivity (Wildman–Crippen MR) is 117 cm³/mol. The molecule has 4 rings (SSSR count). The Hall–Kier alpha value is -3.00. The van der Waals surface area contributed by atoms with Crippen LogP contribution in [0.25, 0.3) is 10.6 Å². The van der Waals surface area contributed by atoms with Crippen LogP contribution in [-0.2, 0) is 4.79 Å². The first-order valence-corrected chi connectivity index (χ1v) is 11.2. The quantitative estimate of drug-likeness (QED) is 0.539. The van der Waals surface area contributed by atoms with Crippen LogP contribution >= 0.6 is 11.3 Å². The monoisotopic (exact) mass is 441 g/mol. The van der Waals surface area contributed by atoms with Crippen molar-refractivity contribution >= 4 is 17.2 Å². The Labute approximate surface area is 184 Å². The molecule has 31 heavy (non-hydrogen) atoms. The van der Waals surface area contributed by atoms with Gasteiger partial charge in [-0.2, -0.15) is 0 Å². The van der Waals surface area contributed by atoms with E-state index in [-0.39, 0.29) is 24.2 Å². The van der Waals surface area contributed by atoms with Gasteiger partial charge < -0.3 is 14.4 Å². The Kier molecular flexibility index (Phi) is 6.76. The molecule has 0 radical (unpaired) electrons. The summed E-state index contributed by atoms with van der Waals surface area (Å²) in [6.07, 6.45) is 1.81. The molecule has 1 amide bonds. The Balaban J connectivity index is 1.35. The molecule has 3 aromatic rings. The van der Waals surface area contributed by atoms with E-state index in [1.807, 2.05) is 24.0 Å². The Morgan fingerprint density at radius 2 is 1.87 bits per heavy atom. The number of hydrogen-bond donors (Lipinski definition) is 0. The first kappa shape index (κ1) is 21.2. The second kappa shape index (κ2) is 9.87. The van der Waals surface area contributed by atoms with E-state index in [4.69, 9.17) is 9.47 Å². The molecule has 1 aliphatic rings. The summed E-state index contributed by atoms with van der Waals surface area (Å²) in [5.41, 5.74) is 0.457.